The van der Waals surface area contributed by atoms with Gasteiger partial charge in [0.25, 0.3) is 5.91 Å². The van der Waals surface area contributed by atoms with Crippen LogP contribution in [0, 0.1) is 12.7 Å². The van der Waals surface area contributed by atoms with Crippen molar-refractivity contribution in [3.63, 3.8) is 0 Å². The maximum Gasteiger partial charge on any atom is 0.254 e. The summed E-state index contributed by atoms with van der Waals surface area (Å²) < 4.78 is 13.8. The van der Waals surface area contributed by atoms with Gasteiger partial charge in [-0.1, -0.05) is 30.3 Å². The number of hydrogen-bond donors (Lipinski definition) is 1. The number of carbonyl (C=O) groups excluding carboxylic acids is 1. The highest BCUT2D eigenvalue weighted by Gasteiger charge is 2.35. The number of benzene rings is 2. The number of amides is 1. The average Bonchev–Trinajstić information content (AvgIpc) is 3.11. The maximum atomic E-state index is 13.8. The lowest BCUT2D eigenvalue weighted by Crippen LogP contribution is -2.41. The molecule has 29 heavy (non-hydrogen) atoms. The molecule has 1 aliphatic heterocycles. The van der Waals surface area contributed by atoms with Crippen LogP contribution < -0.4 is 0 Å². The Morgan fingerprint density at radius 3 is 2.76 bits per heavy atom. The average molecular weight is 385 g/mol. The van der Waals surface area contributed by atoms with Crippen LogP contribution in [0.5, 0.6) is 0 Å². The topological polar surface area (TPSA) is 49.0 Å². The predicted octanol–water partition coefficient (Wildman–Crippen LogP) is 4.80. The van der Waals surface area contributed by atoms with Crippen LogP contribution in [0.15, 0.2) is 66.7 Å². The number of pyridine rings is 1. The Morgan fingerprint density at radius 2 is 1.93 bits per heavy atom. The van der Waals surface area contributed by atoms with Gasteiger partial charge < -0.3 is 9.88 Å². The number of nitrogens with zero attached hydrogens (tertiary/aromatic N) is 2. The molecular weight excluding hydrogens is 365 g/mol. The molecule has 144 valence electrons. The quantitative estimate of drug-likeness (QED) is 0.539. The second kappa shape index (κ2) is 6.85. The number of rotatable bonds is 2. The van der Waals surface area contributed by atoms with Crippen LogP contribution in [0.4, 0.5) is 4.39 Å². The molecule has 3 heterocycles. The molecule has 5 rings (SSSR count). The number of H-pyrrole nitrogens is 1. The number of fused-ring (bicyclic) bond motifs is 3. The van der Waals surface area contributed by atoms with Crippen molar-refractivity contribution in [2.24, 2.45) is 0 Å². The maximum absolute atomic E-state index is 13.8. The molecule has 1 N–H and O–H groups in total. The SMILES string of the molecule is Cc1cccc(C2c3[nH]c4ccccc4c3CCN2C(=O)c2cccc(F)c2)n1. The van der Waals surface area contributed by atoms with Gasteiger partial charge in [0.1, 0.15) is 11.9 Å². The molecule has 2 aromatic carbocycles. The summed E-state index contributed by atoms with van der Waals surface area (Å²) in [5, 5.41) is 1.18. The monoisotopic (exact) mass is 385 g/mol. The summed E-state index contributed by atoms with van der Waals surface area (Å²) in [7, 11) is 0. The second-order valence-corrected chi connectivity index (χ2v) is 7.43. The van der Waals surface area contributed by atoms with E-state index in [0.29, 0.717) is 12.1 Å². The van der Waals surface area contributed by atoms with E-state index < -0.39 is 5.82 Å². The first-order valence-electron chi connectivity index (χ1n) is 9.71. The van der Waals surface area contributed by atoms with E-state index in [4.69, 9.17) is 4.98 Å². The predicted molar refractivity (Wildman–Crippen MR) is 110 cm³/mol. The first-order chi connectivity index (χ1) is 14.1. The van der Waals surface area contributed by atoms with Gasteiger partial charge in [-0.3, -0.25) is 9.78 Å². The zero-order valence-electron chi connectivity index (χ0n) is 16.0. The minimum Gasteiger partial charge on any atom is -0.356 e. The Morgan fingerprint density at radius 1 is 1.10 bits per heavy atom. The Bertz CT molecular complexity index is 1230. The fourth-order valence-electron chi connectivity index (χ4n) is 4.27. The molecular formula is C24H20FN3O. The van der Waals surface area contributed by atoms with E-state index in [1.54, 1.807) is 17.0 Å². The lowest BCUT2D eigenvalue weighted by molar-refractivity contribution is 0.0688. The van der Waals surface area contributed by atoms with Crippen LogP contribution in [0.25, 0.3) is 10.9 Å². The zero-order valence-corrected chi connectivity index (χ0v) is 16.0. The fourth-order valence-corrected chi connectivity index (χ4v) is 4.27. The summed E-state index contributed by atoms with van der Waals surface area (Å²) in [4.78, 5) is 23.4. The molecule has 1 aliphatic rings. The van der Waals surface area contributed by atoms with E-state index in [9.17, 15) is 9.18 Å². The first kappa shape index (κ1) is 17.6. The molecule has 1 amide bonds. The van der Waals surface area contributed by atoms with E-state index in [2.05, 4.69) is 11.1 Å². The molecule has 0 aliphatic carbocycles. The van der Waals surface area contributed by atoms with Gasteiger partial charge in [0.15, 0.2) is 0 Å². The van der Waals surface area contributed by atoms with E-state index in [0.717, 1.165) is 29.0 Å². The van der Waals surface area contributed by atoms with Crippen molar-refractivity contribution >= 4 is 16.8 Å². The van der Waals surface area contributed by atoms with E-state index in [-0.39, 0.29) is 11.9 Å². The summed E-state index contributed by atoms with van der Waals surface area (Å²) in [6.07, 6.45) is 0.739. The van der Waals surface area contributed by atoms with Crippen LogP contribution in [-0.2, 0) is 6.42 Å². The fraction of sp³-hybridized carbons (Fsp3) is 0.167. The molecule has 4 aromatic rings. The molecule has 4 nitrogen and oxygen atoms in total. The third kappa shape index (κ3) is 2.99. The Hall–Kier alpha value is -3.47. The van der Waals surface area contributed by atoms with Crippen molar-refractivity contribution in [3.05, 3.63) is 101 Å². The highest BCUT2D eigenvalue weighted by atomic mass is 19.1. The van der Waals surface area contributed by atoms with Gasteiger partial charge >= 0.3 is 0 Å². The smallest absolute Gasteiger partial charge is 0.254 e. The lowest BCUT2D eigenvalue weighted by atomic mass is 9.94. The van der Waals surface area contributed by atoms with Gasteiger partial charge in [-0.2, -0.15) is 0 Å². The number of aromatic amines is 1. The van der Waals surface area contributed by atoms with Gasteiger partial charge in [0.05, 0.1) is 5.69 Å². The highest BCUT2D eigenvalue weighted by Crippen LogP contribution is 2.38. The standard InChI is InChI=1S/C24H20FN3O/c1-15-6-4-11-21(26-15)23-22-19(18-9-2-3-10-20(18)27-22)12-13-28(23)24(29)16-7-5-8-17(25)14-16/h2-11,14,23,27H,12-13H2,1H3. The summed E-state index contributed by atoms with van der Waals surface area (Å²) >= 11 is 0. The number of halogens is 1. The normalized spacial score (nSPS) is 16.1. The highest BCUT2D eigenvalue weighted by molar-refractivity contribution is 5.95. The van der Waals surface area contributed by atoms with Gasteiger partial charge in [0.2, 0.25) is 0 Å². The van der Waals surface area contributed by atoms with E-state index in [1.807, 2.05) is 43.3 Å². The third-order valence-electron chi connectivity index (χ3n) is 5.56. The van der Waals surface area contributed by atoms with Crippen LogP contribution in [-0.4, -0.2) is 27.3 Å². The number of carbonyl (C=O) groups is 1. The molecule has 5 heteroatoms. The second-order valence-electron chi connectivity index (χ2n) is 7.43. The van der Waals surface area contributed by atoms with E-state index >= 15 is 0 Å². The Labute approximate surface area is 168 Å². The molecule has 0 fully saturated rings. The van der Waals surface area contributed by atoms with Crippen LogP contribution in [0.3, 0.4) is 0 Å². The molecule has 0 bridgehead atoms. The molecule has 1 unspecified atom stereocenters. The first-order valence-corrected chi connectivity index (χ1v) is 9.71. The summed E-state index contributed by atoms with van der Waals surface area (Å²) in [5.41, 5.74) is 5.31. The minimum absolute atomic E-state index is 0.192. The number of para-hydroxylation sites is 1. The van der Waals surface area contributed by atoms with Gasteiger partial charge in [-0.25, -0.2) is 4.39 Å². The van der Waals surface area contributed by atoms with Gasteiger partial charge in [-0.05, 0) is 55.3 Å². The van der Waals surface area contributed by atoms with Crippen molar-refractivity contribution in [2.45, 2.75) is 19.4 Å². The minimum atomic E-state index is -0.413. The van der Waals surface area contributed by atoms with Gasteiger partial charge in [0, 0.05) is 34.4 Å². The summed E-state index contributed by atoms with van der Waals surface area (Å²) in [5.74, 6) is -0.605. The molecule has 2 aromatic heterocycles. The van der Waals surface area contributed by atoms with Gasteiger partial charge in [-0.15, -0.1) is 0 Å². The summed E-state index contributed by atoms with van der Waals surface area (Å²) in [6.45, 7) is 2.49. The number of aryl methyl sites for hydroxylation is 1. The molecule has 0 radical (unpaired) electrons. The Kier molecular flexibility index (Phi) is 4.16. The van der Waals surface area contributed by atoms with Crippen molar-refractivity contribution in [3.8, 4) is 0 Å². The molecule has 0 saturated carbocycles. The molecule has 0 saturated heterocycles. The molecule has 0 spiro atoms. The summed E-state index contributed by atoms with van der Waals surface area (Å²) in [6, 6.07) is 19.6. The van der Waals surface area contributed by atoms with Crippen molar-refractivity contribution in [1.82, 2.24) is 14.9 Å². The lowest BCUT2D eigenvalue weighted by Gasteiger charge is -2.35. The largest absolute Gasteiger partial charge is 0.356 e. The van der Waals surface area contributed by atoms with Crippen LogP contribution >= 0.6 is 0 Å². The van der Waals surface area contributed by atoms with Crippen molar-refractivity contribution in [1.29, 1.82) is 0 Å². The van der Waals surface area contributed by atoms with Crippen molar-refractivity contribution < 1.29 is 9.18 Å². The zero-order chi connectivity index (χ0) is 20.0. The van der Waals surface area contributed by atoms with E-state index in [1.165, 1.54) is 23.1 Å². The number of nitrogens with one attached hydrogen (secondary N) is 1. The van der Waals surface area contributed by atoms with Crippen LogP contribution in [0.1, 0.15) is 39.0 Å². The Balaban J connectivity index is 1.68. The van der Waals surface area contributed by atoms with Crippen LogP contribution in [0.2, 0.25) is 0 Å². The number of aromatic nitrogens is 2. The third-order valence-corrected chi connectivity index (χ3v) is 5.56. The number of hydrogen-bond acceptors (Lipinski definition) is 2. The molecule has 1 atom stereocenters. The van der Waals surface area contributed by atoms with Crippen molar-refractivity contribution in [2.75, 3.05) is 6.54 Å².